The quantitative estimate of drug-likeness (QED) is 0.728. The van der Waals surface area contributed by atoms with Crippen molar-refractivity contribution in [3.63, 3.8) is 0 Å². The van der Waals surface area contributed by atoms with Crippen LogP contribution in [-0.4, -0.2) is 20.7 Å². The predicted molar refractivity (Wildman–Crippen MR) is 50.9 cm³/mol. The van der Waals surface area contributed by atoms with Crippen LogP contribution in [0.5, 0.6) is 5.75 Å². The van der Waals surface area contributed by atoms with Crippen LogP contribution in [-0.2, 0) is 9.84 Å². The van der Waals surface area contributed by atoms with Gasteiger partial charge < -0.3 is 4.74 Å². The summed E-state index contributed by atoms with van der Waals surface area (Å²) < 4.78 is 27.1. The molecule has 0 N–H and O–H groups in total. The predicted octanol–water partition coefficient (Wildman–Crippen LogP) is 1.67. The highest BCUT2D eigenvalue weighted by molar-refractivity contribution is 7.90. The maximum Gasteiger partial charge on any atom is 0.175 e. The van der Waals surface area contributed by atoms with Crippen molar-refractivity contribution in [1.82, 2.24) is 0 Å². The van der Waals surface area contributed by atoms with Crippen molar-refractivity contribution in [3.8, 4) is 5.75 Å². The zero-order chi connectivity index (χ0) is 9.90. The minimum atomic E-state index is -3.17. The number of halogens is 1. The lowest BCUT2D eigenvalue weighted by atomic mass is 10.3. The van der Waals surface area contributed by atoms with Gasteiger partial charge in [-0.05, 0) is 18.2 Å². The summed E-state index contributed by atoms with van der Waals surface area (Å²) in [6.07, 6.45) is 1.15. The Morgan fingerprint density at radius 3 is 2.69 bits per heavy atom. The fourth-order valence-corrected chi connectivity index (χ4v) is 1.64. The molecule has 1 rings (SSSR count). The summed E-state index contributed by atoms with van der Waals surface area (Å²) in [6, 6.07) is 6.22. The number of benzene rings is 1. The maximum atomic E-state index is 11.1. The standard InChI is InChI=1S/C8H9ClO3S/c1-13(10,11)8-4-2-3-7(5-8)12-6-9/h2-5H,6H2,1H3. The highest BCUT2D eigenvalue weighted by Crippen LogP contribution is 2.17. The number of hydrogen-bond donors (Lipinski definition) is 0. The van der Waals surface area contributed by atoms with E-state index in [9.17, 15) is 8.42 Å². The molecule has 1 aromatic carbocycles. The first-order valence-electron chi connectivity index (χ1n) is 3.53. The minimum absolute atomic E-state index is 0.00716. The van der Waals surface area contributed by atoms with E-state index in [0.29, 0.717) is 5.75 Å². The van der Waals surface area contributed by atoms with Crippen molar-refractivity contribution < 1.29 is 13.2 Å². The lowest BCUT2D eigenvalue weighted by Crippen LogP contribution is -1.97. The lowest BCUT2D eigenvalue weighted by molar-refractivity contribution is 0.387. The third kappa shape index (κ3) is 2.90. The molecule has 0 unspecified atom stereocenters. The van der Waals surface area contributed by atoms with E-state index in [-0.39, 0.29) is 11.0 Å². The molecule has 0 fully saturated rings. The van der Waals surface area contributed by atoms with Gasteiger partial charge in [0.25, 0.3) is 0 Å². The molecule has 0 aliphatic rings. The van der Waals surface area contributed by atoms with E-state index in [4.69, 9.17) is 16.3 Å². The molecule has 5 heteroatoms. The molecule has 0 spiro atoms. The summed E-state index contributed by atoms with van der Waals surface area (Å²) in [6.45, 7) is 0. The summed E-state index contributed by atoms with van der Waals surface area (Å²) in [5, 5.41) is 0. The molecule has 0 radical (unpaired) electrons. The summed E-state index contributed by atoms with van der Waals surface area (Å²) in [7, 11) is -3.17. The molecular formula is C8H9ClO3S. The van der Waals surface area contributed by atoms with E-state index in [1.807, 2.05) is 0 Å². The largest absolute Gasteiger partial charge is 0.478 e. The molecule has 0 bridgehead atoms. The van der Waals surface area contributed by atoms with Crippen molar-refractivity contribution >= 4 is 21.4 Å². The van der Waals surface area contributed by atoms with E-state index in [1.54, 1.807) is 12.1 Å². The van der Waals surface area contributed by atoms with E-state index in [0.717, 1.165) is 6.26 Å². The van der Waals surface area contributed by atoms with Crippen LogP contribution in [0.1, 0.15) is 0 Å². The lowest BCUT2D eigenvalue weighted by Gasteiger charge is -2.03. The average molecular weight is 221 g/mol. The number of hydrogen-bond acceptors (Lipinski definition) is 3. The molecule has 0 amide bonds. The zero-order valence-corrected chi connectivity index (χ0v) is 8.60. The summed E-state index contributed by atoms with van der Waals surface area (Å²) in [5.41, 5.74) is 0. The molecule has 0 heterocycles. The van der Waals surface area contributed by atoms with Crippen LogP contribution >= 0.6 is 11.6 Å². The van der Waals surface area contributed by atoms with Gasteiger partial charge in [0.05, 0.1) is 4.90 Å². The third-order valence-electron chi connectivity index (χ3n) is 1.45. The molecular weight excluding hydrogens is 212 g/mol. The van der Waals surface area contributed by atoms with Gasteiger partial charge in [0, 0.05) is 6.26 Å². The van der Waals surface area contributed by atoms with E-state index in [1.165, 1.54) is 12.1 Å². The Labute approximate surface area is 82.2 Å². The molecule has 0 saturated carbocycles. The Balaban J connectivity index is 3.06. The van der Waals surface area contributed by atoms with Crippen molar-refractivity contribution in [2.75, 3.05) is 12.3 Å². The Bertz CT molecular complexity index is 386. The molecule has 1 aromatic rings. The second-order valence-corrected chi connectivity index (χ2v) is 4.73. The molecule has 3 nitrogen and oxygen atoms in total. The Kier molecular flexibility index (Phi) is 3.17. The van der Waals surface area contributed by atoms with Crippen molar-refractivity contribution in [2.24, 2.45) is 0 Å². The van der Waals surface area contributed by atoms with Crippen LogP contribution in [0, 0.1) is 0 Å². The smallest absolute Gasteiger partial charge is 0.175 e. The van der Waals surface area contributed by atoms with Gasteiger partial charge in [-0.1, -0.05) is 17.7 Å². The van der Waals surface area contributed by atoms with Crippen LogP contribution in [0.25, 0.3) is 0 Å². The Morgan fingerprint density at radius 2 is 2.15 bits per heavy atom. The topological polar surface area (TPSA) is 43.4 Å². The van der Waals surface area contributed by atoms with Crippen molar-refractivity contribution in [3.05, 3.63) is 24.3 Å². The first kappa shape index (κ1) is 10.3. The van der Waals surface area contributed by atoms with Gasteiger partial charge >= 0.3 is 0 Å². The maximum absolute atomic E-state index is 11.1. The normalized spacial score (nSPS) is 11.2. The molecule has 0 aromatic heterocycles. The molecule has 0 aliphatic carbocycles. The van der Waals surface area contributed by atoms with Gasteiger partial charge in [0.15, 0.2) is 15.9 Å². The molecule has 72 valence electrons. The average Bonchev–Trinajstić information content (AvgIpc) is 2.04. The minimum Gasteiger partial charge on any atom is -0.478 e. The van der Waals surface area contributed by atoms with E-state index >= 15 is 0 Å². The first-order chi connectivity index (χ1) is 6.04. The monoisotopic (exact) mass is 220 g/mol. The van der Waals surface area contributed by atoms with E-state index < -0.39 is 9.84 Å². The van der Waals surface area contributed by atoms with Gasteiger partial charge in [0.1, 0.15) is 5.75 Å². The number of sulfone groups is 1. The number of alkyl halides is 1. The van der Waals surface area contributed by atoms with Gasteiger partial charge in [-0.2, -0.15) is 0 Å². The summed E-state index contributed by atoms with van der Waals surface area (Å²) in [5.74, 6) is 0.456. The SMILES string of the molecule is CS(=O)(=O)c1cccc(OCCl)c1. The second kappa shape index (κ2) is 3.98. The first-order valence-corrected chi connectivity index (χ1v) is 5.95. The third-order valence-corrected chi connectivity index (χ3v) is 2.67. The Hall–Kier alpha value is -0.740. The van der Waals surface area contributed by atoms with Crippen LogP contribution in [0.2, 0.25) is 0 Å². The highest BCUT2D eigenvalue weighted by Gasteiger charge is 2.07. The Morgan fingerprint density at radius 1 is 1.46 bits per heavy atom. The van der Waals surface area contributed by atoms with Gasteiger partial charge in [-0.3, -0.25) is 0 Å². The molecule has 0 aliphatic heterocycles. The summed E-state index contributed by atoms with van der Waals surface area (Å²) >= 11 is 5.33. The zero-order valence-electron chi connectivity index (χ0n) is 7.03. The molecule has 0 saturated heterocycles. The van der Waals surface area contributed by atoms with Crippen LogP contribution in [0.15, 0.2) is 29.2 Å². The highest BCUT2D eigenvalue weighted by atomic mass is 35.5. The van der Waals surface area contributed by atoms with E-state index in [2.05, 4.69) is 0 Å². The van der Waals surface area contributed by atoms with Gasteiger partial charge in [0.2, 0.25) is 0 Å². The summed E-state index contributed by atoms with van der Waals surface area (Å²) in [4.78, 5) is 0.232. The van der Waals surface area contributed by atoms with Gasteiger partial charge in [-0.15, -0.1) is 0 Å². The van der Waals surface area contributed by atoms with Gasteiger partial charge in [-0.25, -0.2) is 8.42 Å². The van der Waals surface area contributed by atoms with Crippen molar-refractivity contribution in [1.29, 1.82) is 0 Å². The van der Waals surface area contributed by atoms with Crippen molar-refractivity contribution in [2.45, 2.75) is 4.90 Å². The van der Waals surface area contributed by atoms with Crippen LogP contribution in [0.4, 0.5) is 0 Å². The second-order valence-electron chi connectivity index (χ2n) is 2.50. The van der Waals surface area contributed by atoms with Crippen LogP contribution < -0.4 is 4.74 Å². The molecule has 13 heavy (non-hydrogen) atoms. The molecule has 0 atom stereocenters. The number of ether oxygens (including phenoxy) is 1. The van der Waals surface area contributed by atoms with Crippen LogP contribution in [0.3, 0.4) is 0 Å². The number of rotatable bonds is 3. The fourth-order valence-electron chi connectivity index (χ4n) is 0.858. The fraction of sp³-hybridized carbons (Fsp3) is 0.250.